The highest BCUT2D eigenvalue weighted by atomic mass is 32.2. The van der Waals surface area contributed by atoms with E-state index in [9.17, 15) is 9.59 Å². The summed E-state index contributed by atoms with van der Waals surface area (Å²) >= 11 is 1.58. The first-order chi connectivity index (χ1) is 8.15. The Hall–Kier alpha value is -0.970. The Morgan fingerprint density at radius 2 is 2.29 bits per heavy atom. The second-order valence-electron chi connectivity index (χ2n) is 4.16. The number of aliphatic carboxylic acids is 1. The highest BCUT2D eigenvalue weighted by molar-refractivity contribution is 7.98. The van der Waals surface area contributed by atoms with E-state index in [0.29, 0.717) is 6.42 Å². The number of carboxylic acids is 1. The number of carbonyl (C=O) groups is 2. The average molecular weight is 257 g/mol. The van der Waals surface area contributed by atoms with Gasteiger partial charge in [-0.05, 0) is 37.7 Å². The number of hydrogen-bond donors (Lipinski definition) is 2. The smallest absolute Gasteiger partial charge is 0.326 e. The average Bonchev–Trinajstić information content (AvgIpc) is 2.35. The van der Waals surface area contributed by atoms with Crippen molar-refractivity contribution in [2.45, 2.75) is 31.7 Å². The largest absolute Gasteiger partial charge is 0.480 e. The molecule has 1 unspecified atom stereocenters. The molecule has 0 spiro atoms. The molecule has 1 rings (SSSR count). The van der Waals surface area contributed by atoms with Crippen LogP contribution in [-0.4, -0.2) is 35.0 Å². The maximum absolute atomic E-state index is 11.9. The number of carboxylic acid groups (broad SMARTS) is 1. The Balaban J connectivity index is 2.45. The molecule has 0 aromatic carbocycles. The van der Waals surface area contributed by atoms with Crippen molar-refractivity contribution < 1.29 is 14.7 Å². The van der Waals surface area contributed by atoms with E-state index in [4.69, 9.17) is 5.11 Å². The SMILES string of the molecule is CSCC[C@H](NC(=O)C1CC=CCC1)C(=O)O. The molecule has 0 saturated carbocycles. The summed E-state index contributed by atoms with van der Waals surface area (Å²) in [6, 6.07) is -0.749. The first-order valence-corrected chi connectivity index (χ1v) is 7.21. The maximum atomic E-state index is 11.9. The van der Waals surface area contributed by atoms with E-state index < -0.39 is 12.0 Å². The zero-order valence-electron chi connectivity index (χ0n) is 10.0. The van der Waals surface area contributed by atoms with Gasteiger partial charge in [-0.3, -0.25) is 4.79 Å². The molecule has 0 aromatic rings. The summed E-state index contributed by atoms with van der Waals surface area (Å²) < 4.78 is 0. The number of nitrogens with one attached hydrogen (secondary N) is 1. The van der Waals surface area contributed by atoms with E-state index in [2.05, 4.69) is 11.4 Å². The summed E-state index contributed by atoms with van der Waals surface area (Å²) in [7, 11) is 0. The molecule has 0 aromatic heterocycles. The van der Waals surface area contributed by atoms with Gasteiger partial charge < -0.3 is 10.4 Å². The van der Waals surface area contributed by atoms with E-state index in [1.165, 1.54) is 0 Å². The van der Waals surface area contributed by atoms with Crippen molar-refractivity contribution in [3.05, 3.63) is 12.2 Å². The molecule has 5 heteroatoms. The molecule has 0 fully saturated rings. The third-order valence-electron chi connectivity index (χ3n) is 2.87. The lowest BCUT2D eigenvalue weighted by atomic mass is 9.93. The molecule has 1 amide bonds. The minimum Gasteiger partial charge on any atom is -0.480 e. The van der Waals surface area contributed by atoms with Gasteiger partial charge in [0.05, 0.1) is 0 Å². The first kappa shape index (κ1) is 14.1. The van der Waals surface area contributed by atoms with Gasteiger partial charge >= 0.3 is 5.97 Å². The van der Waals surface area contributed by atoms with E-state index in [1.54, 1.807) is 11.8 Å². The lowest BCUT2D eigenvalue weighted by molar-refractivity contribution is -0.142. The van der Waals surface area contributed by atoms with Gasteiger partial charge in [-0.15, -0.1) is 0 Å². The minimum atomic E-state index is -0.946. The standard InChI is InChI=1S/C12H19NO3S/c1-17-8-7-10(12(15)16)13-11(14)9-5-3-2-4-6-9/h2-3,9-10H,4-8H2,1H3,(H,13,14)(H,15,16)/t9?,10-/m0/s1. The van der Waals surface area contributed by atoms with E-state index >= 15 is 0 Å². The number of thioether (sulfide) groups is 1. The van der Waals surface area contributed by atoms with Gasteiger partial charge in [0.1, 0.15) is 6.04 Å². The van der Waals surface area contributed by atoms with Crippen LogP contribution in [0.4, 0.5) is 0 Å². The number of allylic oxidation sites excluding steroid dienone is 2. The van der Waals surface area contributed by atoms with E-state index in [0.717, 1.165) is 25.0 Å². The molecule has 17 heavy (non-hydrogen) atoms. The normalized spacial score (nSPS) is 20.9. The number of carbonyl (C=O) groups excluding carboxylic acids is 1. The van der Waals surface area contributed by atoms with Crippen LogP contribution in [0.25, 0.3) is 0 Å². The van der Waals surface area contributed by atoms with Gasteiger partial charge in [-0.25, -0.2) is 4.79 Å². The van der Waals surface area contributed by atoms with Crippen LogP contribution in [-0.2, 0) is 9.59 Å². The van der Waals surface area contributed by atoms with Crippen LogP contribution in [0, 0.1) is 5.92 Å². The summed E-state index contributed by atoms with van der Waals surface area (Å²) in [6.07, 6.45) is 8.90. The summed E-state index contributed by atoms with van der Waals surface area (Å²) in [5, 5.41) is 11.6. The molecule has 4 nitrogen and oxygen atoms in total. The van der Waals surface area contributed by atoms with Crippen LogP contribution in [0.5, 0.6) is 0 Å². The Morgan fingerprint density at radius 3 is 2.82 bits per heavy atom. The predicted octanol–water partition coefficient (Wildman–Crippen LogP) is 1.67. The lowest BCUT2D eigenvalue weighted by Crippen LogP contribution is -2.44. The molecule has 0 aliphatic heterocycles. The van der Waals surface area contributed by atoms with Gasteiger partial charge in [0.15, 0.2) is 0 Å². The highest BCUT2D eigenvalue weighted by Crippen LogP contribution is 2.18. The van der Waals surface area contributed by atoms with Crippen LogP contribution in [0.15, 0.2) is 12.2 Å². The summed E-state index contributed by atoms with van der Waals surface area (Å²) in [4.78, 5) is 22.8. The summed E-state index contributed by atoms with van der Waals surface area (Å²) in [6.45, 7) is 0. The topological polar surface area (TPSA) is 66.4 Å². The van der Waals surface area contributed by atoms with E-state index in [-0.39, 0.29) is 11.8 Å². The molecular formula is C12H19NO3S. The Kier molecular flexibility index (Phi) is 6.11. The van der Waals surface area contributed by atoms with Gasteiger partial charge in [0.25, 0.3) is 0 Å². The highest BCUT2D eigenvalue weighted by Gasteiger charge is 2.24. The molecule has 0 bridgehead atoms. The van der Waals surface area contributed by atoms with Crippen molar-refractivity contribution in [3.8, 4) is 0 Å². The summed E-state index contributed by atoms with van der Waals surface area (Å²) in [5.74, 6) is -0.389. The fourth-order valence-electron chi connectivity index (χ4n) is 1.81. The minimum absolute atomic E-state index is 0.0591. The molecule has 1 aliphatic rings. The van der Waals surface area contributed by atoms with Gasteiger partial charge in [-0.2, -0.15) is 11.8 Å². The Labute approximate surface area is 106 Å². The molecule has 0 heterocycles. The number of rotatable bonds is 6. The summed E-state index contributed by atoms with van der Waals surface area (Å²) in [5.41, 5.74) is 0. The second kappa shape index (κ2) is 7.37. The first-order valence-electron chi connectivity index (χ1n) is 5.82. The molecular weight excluding hydrogens is 238 g/mol. The fourth-order valence-corrected chi connectivity index (χ4v) is 2.29. The molecule has 1 aliphatic carbocycles. The van der Waals surface area contributed by atoms with Crippen molar-refractivity contribution in [2.75, 3.05) is 12.0 Å². The quantitative estimate of drug-likeness (QED) is 0.710. The Bertz CT molecular complexity index is 304. The van der Waals surface area contributed by atoms with Gasteiger partial charge in [0.2, 0.25) is 5.91 Å². The van der Waals surface area contributed by atoms with Crippen molar-refractivity contribution in [1.82, 2.24) is 5.32 Å². The van der Waals surface area contributed by atoms with Crippen LogP contribution in [0.2, 0.25) is 0 Å². The lowest BCUT2D eigenvalue weighted by Gasteiger charge is -2.20. The zero-order valence-corrected chi connectivity index (χ0v) is 10.8. The molecule has 2 N–H and O–H groups in total. The van der Waals surface area contributed by atoms with Gasteiger partial charge in [0, 0.05) is 5.92 Å². The number of amides is 1. The molecule has 2 atom stereocenters. The third kappa shape index (κ3) is 4.81. The third-order valence-corrected chi connectivity index (χ3v) is 3.51. The van der Waals surface area contributed by atoms with Crippen molar-refractivity contribution in [3.63, 3.8) is 0 Å². The van der Waals surface area contributed by atoms with Crippen LogP contribution in [0.3, 0.4) is 0 Å². The second-order valence-corrected chi connectivity index (χ2v) is 5.15. The van der Waals surface area contributed by atoms with Crippen LogP contribution in [0.1, 0.15) is 25.7 Å². The predicted molar refractivity (Wildman–Crippen MR) is 69.0 cm³/mol. The Morgan fingerprint density at radius 1 is 1.53 bits per heavy atom. The fraction of sp³-hybridized carbons (Fsp3) is 0.667. The molecule has 0 saturated heterocycles. The van der Waals surface area contributed by atoms with Crippen molar-refractivity contribution in [1.29, 1.82) is 0 Å². The van der Waals surface area contributed by atoms with Crippen molar-refractivity contribution in [2.24, 2.45) is 5.92 Å². The molecule has 96 valence electrons. The molecule has 0 radical (unpaired) electrons. The van der Waals surface area contributed by atoms with Crippen LogP contribution >= 0.6 is 11.8 Å². The zero-order chi connectivity index (χ0) is 12.7. The maximum Gasteiger partial charge on any atom is 0.326 e. The monoisotopic (exact) mass is 257 g/mol. The van der Waals surface area contributed by atoms with Crippen molar-refractivity contribution >= 4 is 23.6 Å². The van der Waals surface area contributed by atoms with E-state index in [1.807, 2.05) is 12.3 Å². The van der Waals surface area contributed by atoms with Crippen LogP contribution < -0.4 is 5.32 Å². The number of hydrogen-bond acceptors (Lipinski definition) is 3. The van der Waals surface area contributed by atoms with Gasteiger partial charge in [-0.1, -0.05) is 12.2 Å².